The maximum atomic E-state index is 14.9. The predicted molar refractivity (Wildman–Crippen MR) is 545 cm³/mol. The van der Waals surface area contributed by atoms with Gasteiger partial charge in [-0.15, -0.1) is 0 Å². The second-order valence-electron chi connectivity index (χ2n) is 39.1. The Hall–Kier alpha value is -11.0. The van der Waals surface area contributed by atoms with Crippen LogP contribution in [0.1, 0.15) is 300 Å². The molecule has 0 aliphatic carbocycles. The van der Waals surface area contributed by atoms with Crippen molar-refractivity contribution < 1.29 is 95.9 Å². The van der Waals surface area contributed by atoms with Crippen LogP contribution in [0.2, 0.25) is 0 Å². The predicted octanol–water partition coefficient (Wildman–Crippen LogP) is -5.19. The summed E-state index contributed by atoms with van der Waals surface area (Å²) in [7, 11) is 0. The van der Waals surface area contributed by atoms with Crippen LogP contribution >= 0.6 is 0 Å². The highest BCUT2D eigenvalue weighted by Gasteiger charge is 2.40. The third-order valence-electron chi connectivity index (χ3n) is 23.4. The maximum absolute atomic E-state index is 14.9. The molecule has 0 unspecified atom stereocenters. The standard InChI is InChI=1S/C95H181N29O20/c1-56(2)50-61(103)81(130)110-63(29-14-21-43-97)83(132)113-66(32-17-24-46-100)86(135)122-75(54-60(9)10)95(144)123-74(53-59(7)8)93(142)116-68(34-19-26-48-102)88(137)121-73(52-58(5)6)94(143)119-71(38-41-78(106)127)90(139)114-64(30-15-22-44-98)84(133)112-65(31-16-23-45-99)85(134)117-70(37-40-77(105)126)91(140)118-69(36-39-76(104)125)89(138)115-67(33-18-25-47-101)87(136)120-72(51-57(3)4)92(141)111-62(28-13-20-42-96)82(131)109-55-80(129)108-49-27-11-12-35-79(128)124-107/h56-75H,11-55,96-103,107H2,1-10H3,(H2,104,125)(H2,105,126)(H2,106,127)(H,108,129)(H,109,131)(H,110,130)(H,111,141)(H,112,133)(H,113,132)(H,114,139)(H,115,138)(H,116,142)(H,117,134)(H,118,140)(H,119,143)(H,120,136)(H,121,137)(H,122,135)(H,123,144)(H,124,128)/t61-,62-,63-,64-,65-,66-,67-,68-,69-,70-,71-,72-,73-,74-,75-/m0/s1. The SMILES string of the molecule is CC(C)C[C@H](NC(=O)[C@H](CCCCN)NC(=O)[C@H](CCC(N)=O)NC(=O)[C@H](CCC(N)=O)NC(=O)[C@H](CCCCN)NC(=O)[C@H](CCCCN)NC(=O)[C@H](CCC(N)=O)NC(=O)[C@H](CC(C)C)NC(=O)[C@H](CCCCN)NC(=O)[C@H](CC(C)C)NC(=O)[C@H](CC(C)C)NC(=O)[C@H](CCCCN)NC(=O)[C@H](CCCCN)NC(=O)[C@@H](N)CC(C)C)C(=O)N[C@@H](CCCCN)C(=O)NCC(=O)NCCCCCC(=O)NN. The molecular formula is C95H181N29O20. The van der Waals surface area contributed by atoms with Crippen LogP contribution in [0.25, 0.3) is 0 Å². The smallest absolute Gasteiger partial charge is 0.243 e. The quantitative estimate of drug-likeness (QED) is 0.0117. The van der Waals surface area contributed by atoms with E-state index < -0.39 is 248 Å². The molecule has 0 spiro atoms. The zero-order chi connectivity index (χ0) is 109. The van der Waals surface area contributed by atoms with Gasteiger partial charge in [-0.1, -0.05) is 75.7 Å². The normalized spacial score (nSPS) is 14.5. The number of carbonyl (C=O) groups is 20. The fourth-order valence-corrected chi connectivity index (χ4v) is 15.5. The summed E-state index contributed by atoms with van der Waals surface area (Å²) in [6.07, 6.45) is 3.71. The van der Waals surface area contributed by atoms with E-state index in [1.807, 2.05) is 33.1 Å². The van der Waals surface area contributed by atoms with Gasteiger partial charge in [-0.25, -0.2) is 5.84 Å². The van der Waals surface area contributed by atoms with Gasteiger partial charge in [-0.05, 0) is 274 Å². The number of nitrogens with two attached hydrogens (primary N) is 12. The molecule has 49 heteroatoms. The van der Waals surface area contributed by atoms with E-state index in [2.05, 4.69) is 85.1 Å². The first-order valence-corrected chi connectivity index (χ1v) is 51.5. The minimum atomic E-state index is -1.76. The molecule has 0 bridgehead atoms. The zero-order valence-electron chi connectivity index (χ0n) is 87.0. The van der Waals surface area contributed by atoms with Crippen LogP contribution in [0.3, 0.4) is 0 Å². The molecule has 0 aromatic rings. The molecule has 0 aliphatic heterocycles. The summed E-state index contributed by atoms with van der Waals surface area (Å²) in [5.41, 5.74) is 66.1. The largest absolute Gasteiger partial charge is 0.370 e. The van der Waals surface area contributed by atoms with Crippen LogP contribution < -0.4 is 159 Å². The Labute approximate surface area is 849 Å². The van der Waals surface area contributed by atoms with Crippen molar-refractivity contribution in [1.29, 1.82) is 0 Å². The average Bonchev–Trinajstić information content (AvgIpc) is 0.858. The lowest BCUT2D eigenvalue weighted by molar-refractivity contribution is -0.137. The molecule has 0 saturated heterocycles. The monoisotopic (exact) mass is 2050 g/mol. The molecule has 20 amide bonds. The molecule has 41 N–H and O–H groups in total. The van der Waals surface area contributed by atoms with Crippen LogP contribution in [0, 0.1) is 29.6 Å². The van der Waals surface area contributed by atoms with Gasteiger partial charge in [-0.2, -0.15) is 0 Å². The van der Waals surface area contributed by atoms with Crippen molar-refractivity contribution in [3.05, 3.63) is 0 Å². The Morgan fingerprint density at radius 3 is 0.597 bits per heavy atom. The van der Waals surface area contributed by atoms with E-state index >= 15 is 0 Å². The molecule has 0 fully saturated rings. The second-order valence-corrected chi connectivity index (χ2v) is 39.1. The van der Waals surface area contributed by atoms with Gasteiger partial charge in [-0.3, -0.25) is 101 Å². The fourth-order valence-electron chi connectivity index (χ4n) is 15.5. The van der Waals surface area contributed by atoms with Crippen molar-refractivity contribution in [2.45, 2.75) is 391 Å². The Morgan fingerprint density at radius 2 is 0.396 bits per heavy atom. The summed E-state index contributed by atoms with van der Waals surface area (Å²) in [5, 5.41) is 42.8. The van der Waals surface area contributed by atoms with E-state index in [1.54, 1.807) is 41.5 Å². The number of hydrazine groups is 1. The van der Waals surface area contributed by atoms with E-state index in [0.29, 0.717) is 90.0 Å². The molecule has 0 aromatic heterocycles. The highest BCUT2D eigenvalue weighted by molar-refractivity contribution is 6.01. The number of hydrogen-bond donors (Lipinski definition) is 29. The molecule has 0 aromatic carbocycles. The van der Waals surface area contributed by atoms with Crippen LogP contribution in [0.4, 0.5) is 0 Å². The van der Waals surface area contributed by atoms with Crippen LogP contribution in [0.5, 0.6) is 0 Å². The first-order chi connectivity index (χ1) is 68.1. The van der Waals surface area contributed by atoms with Gasteiger partial charge in [0.1, 0.15) is 84.6 Å². The summed E-state index contributed by atoms with van der Waals surface area (Å²) in [6.45, 7) is 19.2. The van der Waals surface area contributed by atoms with Crippen molar-refractivity contribution in [3.8, 4) is 0 Å². The third-order valence-corrected chi connectivity index (χ3v) is 23.4. The number of unbranched alkanes of at least 4 members (excludes halogenated alkanes) is 9. The lowest BCUT2D eigenvalue weighted by atomic mass is 9.98. The van der Waals surface area contributed by atoms with Crippen LogP contribution in [0.15, 0.2) is 0 Å². The molecule has 144 heavy (non-hydrogen) atoms. The topological polar surface area (TPSA) is 858 Å². The molecule has 0 heterocycles. The van der Waals surface area contributed by atoms with Gasteiger partial charge in [0.15, 0.2) is 0 Å². The maximum Gasteiger partial charge on any atom is 0.243 e. The van der Waals surface area contributed by atoms with E-state index in [1.165, 1.54) is 0 Å². The fraction of sp³-hybridized carbons (Fsp3) is 0.789. The summed E-state index contributed by atoms with van der Waals surface area (Å²) in [5.74, 6) is -12.6. The molecule has 49 nitrogen and oxygen atoms in total. The van der Waals surface area contributed by atoms with Gasteiger partial charge in [0.2, 0.25) is 118 Å². The summed E-state index contributed by atoms with van der Waals surface area (Å²) in [4.78, 5) is 280. The number of amides is 20. The Morgan fingerprint density at radius 1 is 0.201 bits per heavy atom. The number of primary amides is 3. The zero-order valence-corrected chi connectivity index (χ0v) is 87.0. The minimum Gasteiger partial charge on any atom is -0.370 e. The number of nitrogens with one attached hydrogen (secondary N) is 17. The molecule has 826 valence electrons. The van der Waals surface area contributed by atoms with Crippen molar-refractivity contribution in [2.75, 3.05) is 58.9 Å². The Balaban J connectivity index is 7.60. The van der Waals surface area contributed by atoms with E-state index in [-0.39, 0.29) is 190 Å². The molecule has 0 rings (SSSR count). The van der Waals surface area contributed by atoms with E-state index in [4.69, 9.17) is 68.9 Å². The molecular weight excluding hydrogens is 1870 g/mol. The molecule has 0 aliphatic rings. The Kier molecular flexibility index (Phi) is 71.6. The van der Waals surface area contributed by atoms with E-state index in [9.17, 15) is 95.9 Å². The first kappa shape index (κ1) is 133. The molecule has 0 saturated carbocycles. The van der Waals surface area contributed by atoms with Gasteiger partial charge in [0.05, 0.1) is 12.6 Å². The molecule has 0 radical (unpaired) electrons. The summed E-state index contributed by atoms with van der Waals surface area (Å²) >= 11 is 0. The highest BCUT2D eigenvalue weighted by atomic mass is 16.2. The number of rotatable bonds is 84. The van der Waals surface area contributed by atoms with Gasteiger partial charge in [0.25, 0.3) is 0 Å². The van der Waals surface area contributed by atoms with Crippen LogP contribution in [-0.4, -0.2) is 268 Å². The lowest BCUT2D eigenvalue weighted by Crippen LogP contribution is -2.61. The third kappa shape index (κ3) is 60.7. The lowest BCUT2D eigenvalue weighted by Gasteiger charge is -2.29. The summed E-state index contributed by atoms with van der Waals surface area (Å²) < 4.78 is 0. The molecule has 15 atom stereocenters. The van der Waals surface area contributed by atoms with Crippen LogP contribution in [-0.2, 0) is 95.9 Å². The van der Waals surface area contributed by atoms with Gasteiger partial charge in [0, 0.05) is 32.2 Å². The number of hydrogen-bond acceptors (Lipinski definition) is 29. The van der Waals surface area contributed by atoms with E-state index in [0.717, 1.165) is 0 Å². The van der Waals surface area contributed by atoms with Crippen molar-refractivity contribution in [1.82, 2.24) is 90.5 Å². The second kappa shape index (κ2) is 77.5. The number of carbonyl (C=O) groups excluding carboxylic acids is 20. The Bertz CT molecular complexity index is 3920. The van der Waals surface area contributed by atoms with Gasteiger partial charge >= 0.3 is 0 Å². The average molecular weight is 2050 g/mol. The summed E-state index contributed by atoms with van der Waals surface area (Å²) in [6, 6.07) is -21.1. The van der Waals surface area contributed by atoms with Crippen molar-refractivity contribution >= 4 is 118 Å². The highest BCUT2D eigenvalue weighted by Crippen LogP contribution is 2.19. The first-order valence-electron chi connectivity index (χ1n) is 51.5. The minimum absolute atomic E-state index is 0.00526. The van der Waals surface area contributed by atoms with Crippen molar-refractivity contribution in [2.24, 2.45) is 98.5 Å². The van der Waals surface area contributed by atoms with Crippen molar-refractivity contribution in [3.63, 3.8) is 0 Å². The van der Waals surface area contributed by atoms with Gasteiger partial charge < -0.3 is 148 Å².